The number of phosphoric ester groups is 1. The van der Waals surface area contributed by atoms with Gasteiger partial charge in [0.1, 0.15) is 0 Å². The first-order valence-corrected chi connectivity index (χ1v) is 5.68. The predicted octanol–water partition coefficient (Wildman–Crippen LogP) is 2.59. The van der Waals surface area contributed by atoms with E-state index in [4.69, 9.17) is 17.0 Å². The van der Waals surface area contributed by atoms with E-state index in [-0.39, 0.29) is 0 Å². The van der Waals surface area contributed by atoms with E-state index in [1.54, 1.807) is 0 Å². The van der Waals surface area contributed by atoms with Crippen molar-refractivity contribution in [3.8, 4) is 0 Å². The molecule has 15 heavy (non-hydrogen) atoms. The summed E-state index contributed by atoms with van der Waals surface area (Å²) in [4.78, 5) is 9.25. The topological polar surface area (TPSA) is 82.1 Å². The van der Waals surface area contributed by atoms with Crippen molar-refractivity contribution in [3.05, 3.63) is 12.7 Å². The summed E-state index contributed by atoms with van der Waals surface area (Å²) in [5, 5.41) is 7.60. The van der Waals surface area contributed by atoms with Gasteiger partial charge in [-0.3, -0.25) is 9.05 Å². The van der Waals surface area contributed by atoms with Gasteiger partial charge in [0.2, 0.25) is 0 Å². The molecule has 0 aromatic rings. The number of phosphoric acid groups is 1. The SMILES string of the molecule is C=CC(=O)O.CCCOP(=O)(OC)OCl. The second-order valence-corrected chi connectivity index (χ2v) is 4.14. The zero-order valence-electron chi connectivity index (χ0n) is 8.51. The van der Waals surface area contributed by atoms with Gasteiger partial charge in [0.05, 0.1) is 18.5 Å². The summed E-state index contributed by atoms with van der Waals surface area (Å²) >= 11 is 4.83. The minimum Gasteiger partial charge on any atom is -0.478 e. The number of hydrogen-bond acceptors (Lipinski definition) is 5. The molecule has 0 amide bonds. The highest BCUT2D eigenvalue weighted by atomic mass is 35.5. The van der Waals surface area contributed by atoms with Crippen LogP contribution in [0.15, 0.2) is 12.7 Å². The molecule has 0 aromatic heterocycles. The highest BCUT2D eigenvalue weighted by molar-refractivity contribution is 7.49. The third-order valence-corrected chi connectivity index (χ3v) is 2.56. The molecule has 0 aliphatic carbocycles. The lowest BCUT2D eigenvalue weighted by molar-refractivity contribution is -0.131. The minimum atomic E-state index is -3.43. The third-order valence-electron chi connectivity index (χ3n) is 0.936. The minimum absolute atomic E-state index is 0.303. The van der Waals surface area contributed by atoms with Gasteiger partial charge < -0.3 is 5.11 Å². The van der Waals surface area contributed by atoms with Gasteiger partial charge >= 0.3 is 13.8 Å². The molecule has 0 heterocycles. The van der Waals surface area contributed by atoms with E-state index in [1.165, 1.54) is 7.11 Å². The van der Waals surface area contributed by atoms with Crippen LogP contribution in [0.1, 0.15) is 13.3 Å². The van der Waals surface area contributed by atoms with Crippen molar-refractivity contribution in [3.63, 3.8) is 0 Å². The summed E-state index contributed by atoms with van der Waals surface area (Å²) in [6, 6.07) is 0. The molecule has 0 fully saturated rings. The van der Waals surface area contributed by atoms with Crippen molar-refractivity contribution in [1.82, 2.24) is 0 Å². The molecular weight excluding hydrogens is 246 g/mol. The molecule has 0 aliphatic heterocycles. The van der Waals surface area contributed by atoms with Crippen LogP contribution in [0.2, 0.25) is 0 Å². The van der Waals surface area contributed by atoms with Crippen LogP contribution in [-0.4, -0.2) is 24.8 Å². The van der Waals surface area contributed by atoms with Crippen LogP contribution in [0.4, 0.5) is 0 Å². The molecule has 0 saturated carbocycles. The Labute approximate surface area is 93.6 Å². The molecule has 90 valence electrons. The maximum Gasteiger partial charge on any atom is 0.491 e. The number of aliphatic carboxylic acids is 1. The molecule has 8 heteroatoms. The fourth-order valence-corrected chi connectivity index (χ4v) is 1.20. The molecule has 0 radical (unpaired) electrons. The first-order chi connectivity index (χ1) is 6.95. The van der Waals surface area contributed by atoms with Crippen molar-refractivity contribution >= 4 is 25.7 Å². The molecule has 0 spiro atoms. The molecule has 0 rings (SSSR count). The van der Waals surface area contributed by atoms with E-state index in [0.29, 0.717) is 6.61 Å². The Hall–Kier alpha value is -0.390. The molecule has 1 atom stereocenters. The zero-order chi connectivity index (χ0) is 12.3. The molecular formula is C7H14ClO6P. The van der Waals surface area contributed by atoms with Crippen LogP contribution in [0, 0.1) is 0 Å². The summed E-state index contributed by atoms with van der Waals surface area (Å²) in [6.45, 7) is 5.13. The van der Waals surface area contributed by atoms with Crippen LogP contribution in [0.5, 0.6) is 0 Å². The first kappa shape index (κ1) is 17.0. The second-order valence-electron chi connectivity index (χ2n) is 2.07. The average molecular weight is 261 g/mol. The van der Waals surface area contributed by atoms with Crippen LogP contribution in [-0.2, 0) is 22.5 Å². The average Bonchev–Trinajstić information content (AvgIpc) is 2.26. The number of carboxylic acid groups (broad SMARTS) is 1. The lowest BCUT2D eigenvalue weighted by atomic mass is 10.5. The normalized spacial score (nSPS) is 13.3. The van der Waals surface area contributed by atoms with E-state index in [1.807, 2.05) is 6.92 Å². The first-order valence-electron chi connectivity index (χ1n) is 3.91. The van der Waals surface area contributed by atoms with Gasteiger partial charge in [0, 0.05) is 13.2 Å². The summed E-state index contributed by atoms with van der Waals surface area (Å²) in [6.07, 6.45) is 1.56. The van der Waals surface area contributed by atoms with E-state index < -0.39 is 13.8 Å². The maximum absolute atomic E-state index is 10.9. The van der Waals surface area contributed by atoms with Crippen molar-refractivity contribution in [2.45, 2.75) is 13.3 Å². The zero-order valence-corrected chi connectivity index (χ0v) is 10.2. The van der Waals surface area contributed by atoms with Crippen molar-refractivity contribution in [1.29, 1.82) is 0 Å². The highest BCUT2D eigenvalue weighted by Gasteiger charge is 2.23. The van der Waals surface area contributed by atoms with Gasteiger partial charge in [-0.15, -0.1) is 0 Å². The molecule has 0 bridgehead atoms. The molecule has 0 saturated heterocycles. The lowest BCUT2D eigenvalue weighted by Crippen LogP contribution is -1.93. The Balaban J connectivity index is 0. The fourth-order valence-electron chi connectivity index (χ4n) is 0.304. The maximum atomic E-state index is 10.9. The highest BCUT2D eigenvalue weighted by Crippen LogP contribution is 2.49. The van der Waals surface area contributed by atoms with Gasteiger partial charge in [0.25, 0.3) is 0 Å². The van der Waals surface area contributed by atoms with E-state index >= 15 is 0 Å². The van der Waals surface area contributed by atoms with Gasteiger partial charge in [-0.05, 0) is 6.42 Å². The number of carboxylic acids is 1. The summed E-state index contributed by atoms with van der Waals surface area (Å²) in [7, 11) is -2.23. The van der Waals surface area contributed by atoms with Gasteiger partial charge in [-0.25, -0.2) is 9.36 Å². The van der Waals surface area contributed by atoms with Crippen LogP contribution in [0.25, 0.3) is 0 Å². The summed E-state index contributed by atoms with van der Waals surface area (Å²) in [5.41, 5.74) is 0. The van der Waals surface area contributed by atoms with Crippen molar-refractivity contribution < 1.29 is 27.6 Å². The lowest BCUT2D eigenvalue weighted by Gasteiger charge is -2.09. The fraction of sp³-hybridized carbons (Fsp3) is 0.571. The summed E-state index contributed by atoms with van der Waals surface area (Å²) < 4.78 is 23.9. The number of rotatable bonds is 6. The third kappa shape index (κ3) is 11.5. The molecule has 6 nitrogen and oxygen atoms in total. The van der Waals surface area contributed by atoms with Gasteiger partial charge in [-0.1, -0.05) is 13.5 Å². The van der Waals surface area contributed by atoms with E-state index in [0.717, 1.165) is 12.5 Å². The van der Waals surface area contributed by atoms with Gasteiger partial charge in [0.15, 0.2) is 0 Å². The number of hydrogen-bond donors (Lipinski definition) is 1. The second kappa shape index (κ2) is 10.1. The van der Waals surface area contributed by atoms with E-state index in [9.17, 15) is 9.36 Å². The Bertz CT molecular complexity index is 224. The molecule has 1 unspecified atom stereocenters. The quantitative estimate of drug-likeness (QED) is 0.584. The smallest absolute Gasteiger partial charge is 0.478 e. The Kier molecular flexibility index (Phi) is 11.5. The standard InChI is InChI=1S/C4H10ClO4P.C3H4O2/c1-3-4-8-10(6,7-2)9-5;1-2-3(4)5/h3-4H2,1-2H3;2H,1H2,(H,4,5). The monoisotopic (exact) mass is 260 g/mol. The van der Waals surface area contributed by atoms with Crippen LogP contribution in [0.3, 0.4) is 0 Å². The van der Waals surface area contributed by atoms with Crippen molar-refractivity contribution in [2.24, 2.45) is 0 Å². The van der Waals surface area contributed by atoms with E-state index in [2.05, 4.69) is 19.7 Å². The van der Waals surface area contributed by atoms with Gasteiger partial charge in [-0.2, -0.15) is 4.08 Å². The Morgan fingerprint density at radius 1 is 1.67 bits per heavy atom. The van der Waals surface area contributed by atoms with Crippen molar-refractivity contribution in [2.75, 3.05) is 13.7 Å². The Morgan fingerprint density at radius 2 is 2.13 bits per heavy atom. The number of halogens is 1. The van der Waals surface area contributed by atoms with Crippen LogP contribution < -0.4 is 0 Å². The van der Waals surface area contributed by atoms with Crippen LogP contribution >= 0.6 is 19.7 Å². The summed E-state index contributed by atoms with van der Waals surface area (Å²) in [5.74, 6) is -0.981. The molecule has 1 N–H and O–H groups in total. The Morgan fingerprint density at radius 3 is 2.33 bits per heavy atom. The largest absolute Gasteiger partial charge is 0.491 e. The predicted molar refractivity (Wildman–Crippen MR) is 55.6 cm³/mol. The molecule has 0 aliphatic rings. The molecule has 0 aromatic carbocycles. The number of carbonyl (C=O) groups is 1.